The van der Waals surface area contributed by atoms with E-state index in [1.54, 1.807) is 25.1 Å². The lowest BCUT2D eigenvalue weighted by molar-refractivity contribution is -0.120. The minimum atomic E-state index is -4.23. The van der Waals surface area contributed by atoms with E-state index >= 15 is 0 Å². The number of hydrogen-bond acceptors (Lipinski definition) is 5. The lowest BCUT2D eigenvalue weighted by atomic mass is 10.1. The van der Waals surface area contributed by atoms with E-state index in [1.165, 1.54) is 54.6 Å². The maximum atomic E-state index is 14.5. The van der Waals surface area contributed by atoms with Crippen LogP contribution in [0, 0.1) is 5.82 Å². The van der Waals surface area contributed by atoms with Gasteiger partial charge in [0.1, 0.15) is 12.4 Å². The van der Waals surface area contributed by atoms with Crippen LogP contribution in [0.5, 0.6) is 0 Å². The molecule has 1 N–H and O–H groups in total. The van der Waals surface area contributed by atoms with Gasteiger partial charge in [-0.2, -0.15) is 0 Å². The first-order chi connectivity index (χ1) is 15.5. The summed E-state index contributed by atoms with van der Waals surface area (Å²) in [7, 11) is -7.59. The molecule has 3 aromatic carbocycles. The number of anilines is 1. The molecule has 1 amide bonds. The van der Waals surface area contributed by atoms with Gasteiger partial charge in [-0.15, -0.1) is 0 Å². The first kappa shape index (κ1) is 24.4. The Hall–Kier alpha value is -3.24. The van der Waals surface area contributed by atoms with Gasteiger partial charge in [-0.05, 0) is 48.9 Å². The van der Waals surface area contributed by atoms with E-state index in [0.29, 0.717) is 5.56 Å². The Bertz CT molecular complexity index is 1340. The fraction of sp³-hybridized carbons (Fsp3) is 0.174. The van der Waals surface area contributed by atoms with Gasteiger partial charge in [0.15, 0.2) is 9.84 Å². The lowest BCUT2D eigenvalue weighted by Gasteiger charge is -2.25. The maximum Gasteiger partial charge on any atom is 0.264 e. The minimum absolute atomic E-state index is 0.0783. The van der Waals surface area contributed by atoms with Gasteiger partial charge < -0.3 is 5.32 Å². The standard InChI is InChI=1S/C23H23FN2O5S2/c1-17(18-12-14-19(15-13-18)32(2,28)29)25-23(27)16-26(22-11-7-6-10-21(22)24)33(30,31)20-8-4-3-5-9-20/h3-15,17H,16H2,1-2H3,(H,25,27)/t17-/m1/s1. The summed E-state index contributed by atoms with van der Waals surface area (Å²) in [5, 5.41) is 2.68. The Morgan fingerprint density at radius 2 is 1.45 bits per heavy atom. The third-order valence-electron chi connectivity index (χ3n) is 4.93. The molecule has 3 aromatic rings. The third-order valence-corrected chi connectivity index (χ3v) is 7.83. The Labute approximate surface area is 192 Å². The van der Waals surface area contributed by atoms with Crippen molar-refractivity contribution in [3.63, 3.8) is 0 Å². The summed E-state index contributed by atoms with van der Waals surface area (Å²) >= 11 is 0. The van der Waals surface area contributed by atoms with E-state index in [9.17, 15) is 26.0 Å². The summed E-state index contributed by atoms with van der Waals surface area (Å²) < 4.78 is 64.9. The molecule has 1 atom stereocenters. The number of carbonyl (C=O) groups excluding carboxylic acids is 1. The average molecular weight is 491 g/mol. The van der Waals surface area contributed by atoms with Crippen LogP contribution in [0.2, 0.25) is 0 Å². The van der Waals surface area contributed by atoms with Gasteiger partial charge in [-0.25, -0.2) is 21.2 Å². The molecule has 0 aromatic heterocycles. The van der Waals surface area contributed by atoms with E-state index in [-0.39, 0.29) is 15.5 Å². The van der Waals surface area contributed by atoms with Gasteiger partial charge in [0.2, 0.25) is 5.91 Å². The summed E-state index contributed by atoms with van der Waals surface area (Å²) in [5.41, 5.74) is 0.376. The molecule has 0 aliphatic rings. The second kappa shape index (κ2) is 9.72. The molecule has 0 bridgehead atoms. The van der Waals surface area contributed by atoms with Gasteiger partial charge in [0.05, 0.1) is 21.5 Å². The third kappa shape index (κ3) is 5.77. The van der Waals surface area contributed by atoms with Crippen molar-refractivity contribution in [3.05, 3.63) is 90.2 Å². The molecule has 0 heterocycles. The SMILES string of the molecule is C[C@@H](NC(=O)CN(c1ccccc1F)S(=O)(=O)c1ccccc1)c1ccc(S(C)(=O)=O)cc1. The fourth-order valence-corrected chi connectivity index (χ4v) is 5.26. The quantitative estimate of drug-likeness (QED) is 0.522. The number of hydrogen-bond donors (Lipinski definition) is 1. The number of nitrogens with one attached hydrogen (secondary N) is 1. The zero-order chi connectivity index (χ0) is 24.2. The highest BCUT2D eigenvalue weighted by Gasteiger charge is 2.29. The average Bonchev–Trinajstić information content (AvgIpc) is 2.78. The number of benzene rings is 3. The van der Waals surface area contributed by atoms with Crippen LogP contribution in [0.25, 0.3) is 0 Å². The molecule has 0 aliphatic carbocycles. The van der Waals surface area contributed by atoms with Gasteiger partial charge in [-0.3, -0.25) is 9.10 Å². The smallest absolute Gasteiger partial charge is 0.264 e. The minimum Gasteiger partial charge on any atom is -0.348 e. The van der Waals surface area contributed by atoms with Crippen molar-refractivity contribution in [2.45, 2.75) is 22.8 Å². The second-order valence-corrected chi connectivity index (χ2v) is 11.3. The number of sulfone groups is 1. The van der Waals surface area contributed by atoms with Crippen LogP contribution in [0.1, 0.15) is 18.5 Å². The van der Waals surface area contributed by atoms with Gasteiger partial charge in [0.25, 0.3) is 10.0 Å². The van der Waals surface area contributed by atoms with Crippen LogP contribution in [-0.2, 0) is 24.7 Å². The predicted octanol–water partition coefficient (Wildman–Crippen LogP) is 3.30. The lowest BCUT2D eigenvalue weighted by Crippen LogP contribution is -2.42. The highest BCUT2D eigenvalue weighted by Crippen LogP contribution is 2.26. The first-order valence-corrected chi connectivity index (χ1v) is 13.2. The van der Waals surface area contributed by atoms with Crippen LogP contribution in [0.3, 0.4) is 0 Å². The van der Waals surface area contributed by atoms with Crippen molar-refractivity contribution in [1.29, 1.82) is 0 Å². The molecular weight excluding hydrogens is 467 g/mol. The van der Waals surface area contributed by atoms with E-state index in [0.717, 1.165) is 16.6 Å². The molecule has 0 saturated heterocycles. The Kier molecular flexibility index (Phi) is 7.19. The largest absolute Gasteiger partial charge is 0.348 e. The van der Waals surface area contributed by atoms with Crippen molar-refractivity contribution in [3.8, 4) is 0 Å². The summed E-state index contributed by atoms with van der Waals surface area (Å²) in [5.74, 6) is -1.44. The molecule has 0 saturated carbocycles. The van der Waals surface area contributed by atoms with Crippen molar-refractivity contribution >= 4 is 31.5 Å². The zero-order valence-corrected chi connectivity index (χ0v) is 19.6. The van der Waals surface area contributed by atoms with Crippen molar-refractivity contribution in [2.24, 2.45) is 0 Å². The molecular formula is C23H23FN2O5S2. The molecule has 10 heteroatoms. The van der Waals surface area contributed by atoms with E-state index in [1.807, 2.05) is 0 Å². The number of amides is 1. The number of carbonyl (C=O) groups is 1. The summed E-state index contributed by atoms with van der Waals surface area (Å²) in [6.45, 7) is 1.02. The summed E-state index contributed by atoms with van der Waals surface area (Å²) in [6, 6.07) is 18.2. The van der Waals surface area contributed by atoms with Crippen molar-refractivity contribution in [1.82, 2.24) is 5.32 Å². The normalized spacial score (nSPS) is 12.7. The van der Waals surface area contributed by atoms with Gasteiger partial charge in [0, 0.05) is 6.26 Å². The summed E-state index contributed by atoms with van der Waals surface area (Å²) in [6.07, 6.45) is 1.09. The molecule has 0 spiro atoms. The number of rotatable bonds is 8. The van der Waals surface area contributed by atoms with E-state index in [2.05, 4.69) is 5.32 Å². The van der Waals surface area contributed by atoms with Crippen molar-refractivity contribution < 1.29 is 26.0 Å². The highest BCUT2D eigenvalue weighted by molar-refractivity contribution is 7.93. The van der Waals surface area contributed by atoms with E-state index < -0.39 is 44.2 Å². The predicted molar refractivity (Wildman–Crippen MR) is 123 cm³/mol. The first-order valence-electron chi connectivity index (χ1n) is 9.92. The monoisotopic (exact) mass is 490 g/mol. The number of nitrogens with zero attached hydrogens (tertiary/aromatic N) is 1. The van der Waals surface area contributed by atoms with Crippen LogP contribution in [-0.4, -0.2) is 35.5 Å². The van der Waals surface area contributed by atoms with Gasteiger partial charge in [-0.1, -0.05) is 42.5 Å². The van der Waals surface area contributed by atoms with Crippen LogP contribution in [0.4, 0.5) is 10.1 Å². The molecule has 0 aliphatic heterocycles. The molecule has 7 nitrogen and oxygen atoms in total. The molecule has 0 radical (unpaired) electrons. The number of para-hydroxylation sites is 1. The second-order valence-electron chi connectivity index (χ2n) is 7.41. The van der Waals surface area contributed by atoms with Gasteiger partial charge >= 0.3 is 0 Å². The maximum absolute atomic E-state index is 14.5. The molecule has 33 heavy (non-hydrogen) atoms. The Balaban J connectivity index is 1.86. The fourth-order valence-electron chi connectivity index (χ4n) is 3.18. The Morgan fingerprint density at radius 3 is 2.03 bits per heavy atom. The topological polar surface area (TPSA) is 101 Å². The summed E-state index contributed by atoms with van der Waals surface area (Å²) in [4.78, 5) is 12.9. The Morgan fingerprint density at radius 1 is 0.879 bits per heavy atom. The molecule has 0 unspecified atom stereocenters. The van der Waals surface area contributed by atoms with Crippen LogP contribution in [0.15, 0.2) is 88.7 Å². The number of halogens is 1. The highest BCUT2D eigenvalue weighted by atomic mass is 32.2. The zero-order valence-electron chi connectivity index (χ0n) is 18.0. The molecule has 0 fully saturated rings. The van der Waals surface area contributed by atoms with Crippen LogP contribution < -0.4 is 9.62 Å². The van der Waals surface area contributed by atoms with Crippen molar-refractivity contribution in [2.75, 3.05) is 17.1 Å². The van der Waals surface area contributed by atoms with Crippen LogP contribution >= 0.6 is 0 Å². The molecule has 3 rings (SSSR count). The molecule has 174 valence electrons. The van der Waals surface area contributed by atoms with E-state index in [4.69, 9.17) is 0 Å². The number of sulfonamides is 1.